The van der Waals surface area contributed by atoms with Crippen molar-refractivity contribution in [1.82, 2.24) is 20.4 Å². The smallest absolute Gasteiger partial charge is 0.241 e. The standard InChI is InChI=1S/C26H32N4O4/c1-18-7-6-8-21(15-18)25-28-24(34-29-25)16-30-13-11-20(12-14-30)26(31)27-19(2)17-33-23-10-5-4-9-22(23)32-3/h4-10,15,19-20H,11-14,16-17H2,1-3H3,(H,27,31). The summed E-state index contributed by atoms with van der Waals surface area (Å²) in [5.41, 5.74) is 2.11. The molecule has 0 spiro atoms. The van der Waals surface area contributed by atoms with E-state index >= 15 is 0 Å². The van der Waals surface area contributed by atoms with Crippen LogP contribution in [-0.4, -0.2) is 53.8 Å². The number of carbonyl (C=O) groups excluding carboxylic acids is 1. The van der Waals surface area contributed by atoms with Gasteiger partial charge in [0, 0.05) is 11.5 Å². The fraction of sp³-hybridized carbons (Fsp3) is 0.423. The molecular weight excluding hydrogens is 432 g/mol. The summed E-state index contributed by atoms with van der Waals surface area (Å²) in [6.07, 6.45) is 1.59. The number of nitrogens with zero attached hydrogens (tertiary/aromatic N) is 3. The molecule has 1 amide bonds. The summed E-state index contributed by atoms with van der Waals surface area (Å²) < 4.78 is 16.6. The van der Waals surface area contributed by atoms with Crippen molar-refractivity contribution < 1.29 is 18.8 Å². The van der Waals surface area contributed by atoms with Crippen LogP contribution in [0, 0.1) is 12.8 Å². The molecular formula is C26H32N4O4. The molecule has 0 bridgehead atoms. The van der Waals surface area contributed by atoms with Crippen molar-refractivity contribution in [3.8, 4) is 22.9 Å². The first-order valence-corrected chi connectivity index (χ1v) is 11.7. The van der Waals surface area contributed by atoms with Crippen molar-refractivity contribution in [2.45, 2.75) is 39.3 Å². The van der Waals surface area contributed by atoms with E-state index in [-0.39, 0.29) is 17.9 Å². The Balaban J connectivity index is 1.21. The van der Waals surface area contributed by atoms with Gasteiger partial charge in [-0.25, -0.2) is 0 Å². The van der Waals surface area contributed by atoms with E-state index in [1.807, 2.05) is 62.4 Å². The van der Waals surface area contributed by atoms with Crippen molar-refractivity contribution in [1.29, 1.82) is 0 Å². The summed E-state index contributed by atoms with van der Waals surface area (Å²) in [5, 5.41) is 7.21. The van der Waals surface area contributed by atoms with E-state index in [1.165, 1.54) is 0 Å². The number of nitrogens with one attached hydrogen (secondary N) is 1. The van der Waals surface area contributed by atoms with E-state index in [1.54, 1.807) is 7.11 Å². The van der Waals surface area contributed by atoms with Gasteiger partial charge in [-0.3, -0.25) is 9.69 Å². The van der Waals surface area contributed by atoms with Crippen LogP contribution < -0.4 is 14.8 Å². The number of carbonyl (C=O) groups is 1. The van der Waals surface area contributed by atoms with Crippen LogP contribution in [0.2, 0.25) is 0 Å². The number of benzene rings is 2. The van der Waals surface area contributed by atoms with Gasteiger partial charge in [0.05, 0.1) is 19.7 Å². The molecule has 1 aromatic heterocycles. The lowest BCUT2D eigenvalue weighted by Gasteiger charge is -2.30. The van der Waals surface area contributed by atoms with E-state index in [0.29, 0.717) is 36.4 Å². The molecule has 8 heteroatoms. The van der Waals surface area contributed by atoms with Crippen molar-refractivity contribution in [3.05, 3.63) is 60.0 Å². The van der Waals surface area contributed by atoms with E-state index < -0.39 is 0 Å². The van der Waals surface area contributed by atoms with Crippen LogP contribution in [0.5, 0.6) is 11.5 Å². The maximum Gasteiger partial charge on any atom is 0.241 e. The Bertz CT molecular complexity index is 1090. The molecule has 0 radical (unpaired) electrons. The molecule has 3 aromatic rings. The number of aryl methyl sites for hydroxylation is 1. The molecule has 1 saturated heterocycles. The van der Waals surface area contributed by atoms with Gasteiger partial charge in [0.25, 0.3) is 0 Å². The van der Waals surface area contributed by atoms with Gasteiger partial charge in [-0.2, -0.15) is 4.98 Å². The van der Waals surface area contributed by atoms with Crippen LogP contribution in [0.15, 0.2) is 53.1 Å². The number of hydrogen-bond donors (Lipinski definition) is 1. The summed E-state index contributed by atoms with van der Waals surface area (Å²) in [4.78, 5) is 19.5. The average molecular weight is 465 g/mol. The fourth-order valence-electron chi connectivity index (χ4n) is 4.12. The first-order chi connectivity index (χ1) is 16.5. The van der Waals surface area contributed by atoms with E-state index in [2.05, 4.69) is 20.4 Å². The van der Waals surface area contributed by atoms with Gasteiger partial charge in [0.15, 0.2) is 11.5 Å². The number of piperidine rings is 1. The predicted octanol–water partition coefficient (Wildman–Crippen LogP) is 3.85. The van der Waals surface area contributed by atoms with Gasteiger partial charge < -0.3 is 19.3 Å². The van der Waals surface area contributed by atoms with Crippen LogP contribution in [-0.2, 0) is 11.3 Å². The number of aromatic nitrogens is 2. The van der Waals surface area contributed by atoms with Crippen molar-refractivity contribution in [2.24, 2.45) is 5.92 Å². The van der Waals surface area contributed by atoms with E-state index in [9.17, 15) is 4.79 Å². The van der Waals surface area contributed by atoms with Gasteiger partial charge in [-0.05, 0) is 58.0 Å². The highest BCUT2D eigenvalue weighted by Crippen LogP contribution is 2.26. The van der Waals surface area contributed by atoms with E-state index in [4.69, 9.17) is 14.0 Å². The molecule has 4 rings (SSSR count). The first-order valence-electron chi connectivity index (χ1n) is 11.7. The molecule has 180 valence electrons. The minimum Gasteiger partial charge on any atom is -0.493 e. The van der Waals surface area contributed by atoms with Crippen LogP contribution in [0.25, 0.3) is 11.4 Å². The Morgan fingerprint density at radius 1 is 1.18 bits per heavy atom. The van der Waals surface area contributed by atoms with Crippen molar-refractivity contribution in [3.63, 3.8) is 0 Å². The lowest BCUT2D eigenvalue weighted by Crippen LogP contribution is -2.44. The molecule has 0 saturated carbocycles. The minimum absolute atomic E-state index is 0.00417. The first kappa shape index (κ1) is 23.8. The van der Waals surface area contributed by atoms with Crippen LogP contribution in [0.3, 0.4) is 0 Å². The van der Waals surface area contributed by atoms with Crippen LogP contribution in [0.4, 0.5) is 0 Å². The third kappa shape index (κ3) is 6.14. The summed E-state index contributed by atoms with van der Waals surface area (Å²) in [5.74, 6) is 2.64. The second-order valence-corrected chi connectivity index (χ2v) is 8.80. The van der Waals surface area contributed by atoms with Gasteiger partial charge in [-0.1, -0.05) is 41.1 Å². The molecule has 8 nitrogen and oxygen atoms in total. The molecule has 0 aliphatic carbocycles. The third-order valence-electron chi connectivity index (χ3n) is 6.01. The number of likely N-dealkylation sites (tertiary alicyclic amines) is 1. The lowest BCUT2D eigenvalue weighted by molar-refractivity contribution is -0.127. The Labute approximate surface area is 200 Å². The molecule has 1 atom stereocenters. The summed E-state index contributed by atoms with van der Waals surface area (Å²) in [6, 6.07) is 15.4. The molecule has 1 fully saturated rings. The molecule has 1 unspecified atom stereocenters. The van der Waals surface area contributed by atoms with Gasteiger partial charge in [-0.15, -0.1) is 0 Å². The zero-order valence-corrected chi connectivity index (χ0v) is 20.0. The zero-order chi connectivity index (χ0) is 23.9. The van der Waals surface area contributed by atoms with Crippen molar-refractivity contribution in [2.75, 3.05) is 26.8 Å². The number of amides is 1. The maximum absolute atomic E-state index is 12.7. The van der Waals surface area contributed by atoms with E-state index in [0.717, 1.165) is 37.1 Å². The molecule has 1 N–H and O–H groups in total. The SMILES string of the molecule is COc1ccccc1OCC(C)NC(=O)C1CCN(Cc2nc(-c3cccc(C)c3)no2)CC1. The highest BCUT2D eigenvalue weighted by Gasteiger charge is 2.27. The Morgan fingerprint density at radius 3 is 2.68 bits per heavy atom. The van der Waals surface area contributed by atoms with Gasteiger partial charge >= 0.3 is 0 Å². The second-order valence-electron chi connectivity index (χ2n) is 8.80. The summed E-state index contributed by atoms with van der Waals surface area (Å²) in [6.45, 7) is 6.59. The summed E-state index contributed by atoms with van der Waals surface area (Å²) >= 11 is 0. The number of para-hydroxylation sites is 2. The van der Waals surface area contributed by atoms with Crippen LogP contribution >= 0.6 is 0 Å². The fourth-order valence-corrected chi connectivity index (χ4v) is 4.12. The molecule has 34 heavy (non-hydrogen) atoms. The third-order valence-corrected chi connectivity index (χ3v) is 6.01. The Hall–Kier alpha value is -3.39. The number of hydrogen-bond acceptors (Lipinski definition) is 7. The maximum atomic E-state index is 12.7. The van der Waals surface area contributed by atoms with Crippen molar-refractivity contribution >= 4 is 5.91 Å². The highest BCUT2D eigenvalue weighted by atomic mass is 16.5. The summed E-state index contributed by atoms with van der Waals surface area (Å²) in [7, 11) is 1.61. The number of rotatable bonds is 9. The highest BCUT2D eigenvalue weighted by molar-refractivity contribution is 5.79. The minimum atomic E-state index is -0.103. The second kappa shape index (κ2) is 11.2. The molecule has 1 aliphatic heterocycles. The molecule has 1 aliphatic rings. The Morgan fingerprint density at radius 2 is 1.94 bits per heavy atom. The normalized spacial score (nSPS) is 15.6. The van der Waals surface area contributed by atoms with Gasteiger partial charge in [0.2, 0.25) is 17.6 Å². The number of methoxy groups -OCH3 is 1. The Kier molecular flexibility index (Phi) is 7.80. The molecule has 2 heterocycles. The number of ether oxygens (including phenoxy) is 2. The predicted molar refractivity (Wildman–Crippen MR) is 129 cm³/mol. The monoisotopic (exact) mass is 464 g/mol. The van der Waals surface area contributed by atoms with Crippen LogP contribution in [0.1, 0.15) is 31.2 Å². The molecule has 2 aromatic carbocycles. The quantitative estimate of drug-likeness (QED) is 0.514. The average Bonchev–Trinajstić information content (AvgIpc) is 3.32. The lowest BCUT2D eigenvalue weighted by atomic mass is 9.95. The van der Waals surface area contributed by atoms with Gasteiger partial charge in [0.1, 0.15) is 6.61 Å². The zero-order valence-electron chi connectivity index (χ0n) is 20.0. The largest absolute Gasteiger partial charge is 0.493 e. The topological polar surface area (TPSA) is 89.7 Å².